The Morgan fingerprint density at radius 2 is 2.25 bits per heavy atom. The molecule has 0 amide bonds. The molecule has 72 valence electrons. The van der Waals surface area contributed by atoms with Gasteiger partial charge in [0.1, 0.15) is 0 Å². The number of hydrogen-bond acceptors (Lipinski definition) is 1. The van der Waals surface area contributed by atoms with Gasteiger partial charge in [0.05, 0.1) is 5.34 Å². The van der Waals surface area contributed by atoms with Crippen LogP contribution in [-0.2, 0) is 0 Å². The Morgan fingerprint density at radius 3 is 2.75 bits per heavy atom. The predicted octanol–water partition coefficient (Wildman–Crippen LogP) is 2.79. The van der Waals surface area contributed by atoms with Gasteiger partial charge in [0.2, 0.25) is 0 Å². The van der Waals surface area contributed by atoms with Crippen molar-refractivity contribution in [3.63, 3.8) is 0 Å². The summed E-state index contributed by atoms with van der Waals surface area (Å²) in [6.07, 6.45) is 5.84. The largest absolute Gasteiger partial charge is 0.386 e. The minimum Gasteiger partial charge on any atom is -0.386 e. The molecule has 0 bridgehead atoms. The molecule has 0 aliphatic heterocycles. The number of rotatable bonds is 2. The Hall–Kier alpha value is 0.390. The van der Waals surface area contributed by atoms with Crippen molar-refractivity contribution in [2.75, 3.05) is 0 Å². The third kappa shape index (κ3) is 2.20. The topological polar surface area (TPSA) is 20.2 Å². The van der Waals surface area contributed by atoms with E-state index in [1.807, 2.05) is 0 Å². The van der Waals surface area contributed by atoms with E-state index >= 15 is 0 Å². The van der Waals surface area contributed by atoms with Crippen LogP contribution in [-0.4, -0.2) is 10.4 Å². The van der Waals surface area contributed by atoms with Gasteiger partial charge in [-0.05, 0) is 24.7 Å². The first-order chi connectivity index (χ1) is 5.58. The lowest BCUT2D eigenvalue weighted by Crippen LogP contribution is -2.38. The quantitative estimate of drug-likeness (QED) is 0.661. The van der Waals surface area contributed by atoms with E-state index in [0.717, 1.165) is 6.42 Å². The van der Waals surface area contributed by atoms with Crippen molar-refractivity contribution in [1.82, 2.24) is 0 Å². The summed E-state index contributed by atoms with van der Waals surface area (Å²) >= 11 is 0. The Bertz CT molecular complexity index is 145. The predicted molar refractivity (Wildman–Crippen MR) is 56.1 cm³/mol. The van der Waals surface area contributed by atoms with Crippen molar-refractivity contribution in [2.45, 2.75) is 51.3 Å². The minimum atomic E-state index is -0.465. The van der Waals surface area contributed by atoms with Crippen LogP contribution in [0.1, 0.15) is 46.0 Å². The Kier molecular flexibility index (Phi) is 3.55. The Morgan fingerprint density at radius 1 is 1.58 bits per heavy atom. The molecule has 1 N–H and O–H groups in total. The molecule has 0 spiro atoms. The van der Waals surface area contributed by atoms with Crippen LogP contribution < -0.4 is 0 Å². The molecule has 2 heteroatoms. The highest BCUT2D eigenvalue weighted by Crippen LogP contribution is 2.43. The average Bonchev–Trinajstić information content (AvgIpc) is 2.02. The molecule has 0 aromatic heterocycles. The second-order valence-corrected chi connectivity index (χ2v) is 5.23. The van der Waals surface area contributed by atoms with Crippen molar-refractivity contribution >= 4 is 9.24 Å². The summed E-state index contributed by atoms with van der Waals surface area (Å²) in [5, 5.41) is 9.63. The molecule has 0 aromatic rings. The summed E-state index contributed by atoms with van der Waals surface area (Å²) in [5.41, 5.74) is 0. The Balaban J connectivity index is 2.59. The van der Waals surface area contributed by atoms with Crippen LogP contribution in [0.5, 0.6) is 0 Å². The standard InChI is InChI=1S/C10H21OP/c1-3-8(2)9-6-4-5-7-10(9,11)12/h8-9,11H,3-7,12H2,1-2H3. The van der Waals surface area contributed by atoms with Crippen LogP contribution in [0.25, 0.3) is 0 Å². The zero-order chi connectivity index (χ0) is 9.19. The van der Waals surface area contributed by atoms with E-state index in [9.17, 15) is 5.11 Å². The summed E-state index contributed by atoms with van der Waals surface area (Å²) < 4.78 is 0. The molecule has 1 fully saturated rings. The maximum atomic E-state index is 10.1. The summed E-state index contributed by atoms with van der Waals surface area (Å²) in [5.74, 6) is 1.16. The zero-order valence-corrected chi connectivity index (χ0v) is 9.37. The van der Waals surface area contributed by atoms with E-state index < -0.39 is 5.34 Å². The van der Waals surface area contributed by atoms with Crippen LogP contribution in [0, 0.1) is 11.8 Å². The average molecular weight is 188 g/mol. The molecular formula is C10H21OP. The van der Waals surface area contributed by atoms with Gasteiger partial charge in [0.25, 0.3) is 0 Å². The van der Waals surface area contributed by atoms with E-state index in [2.05, 4.69) is 23.1 Å². The van der Waals surface area contributed by atoms with Gasteiger partial charge in [-0.25, -0.2) is 0 Å². The summed E-state index contributed by atoms with van der Waals surface area (Å²) in [6, 6.07) is 0. The molecule has 4 unspecified atom stereocenters. The van der Waals surface area contributed by atoms with E-state index in [-0.39, 0.29) is 0 Å². The second kappa shape index (κ2) is 4.07. The molecule has 1 rings (SSSR count). The molecule has 1 saturated carbocycles. The molecule has 4 atom stereocenters. The maximum Gasteiger partial charge on any atom is 0.0809 e. The molecule has 1 aliphatic rings. The number of hydrogen-bond donors (Lipinski definition) is 1. The molecule has 0 heterocycles. The van der Waals surface area contributed by atoms with Crippen molar-refractivity contribution in [2.24, 2.45) is 11.8 Å². The third-order valence-electron chi connectivity index (χ3n) is 3.32. The lowest BCUT2D eigenvalue weighted by atomic mass is 9.77. The first-order valence-electron chi connectivity index (χ1n) is 5.09. The van der Waals surface area contributed by atoms with Gasteiger partial charge in [-0.3, -0.25) is 0 Å². The van der Waals surface area contributed by atoms with Crippen LogP contribution >= 0.6 is 9.24 Å². The normalized spacial score (nSPS) is 39.5. The highest BCUT2D eigenvalue weighted by molar-refractivity contribution is 7.18. The van der Waals surface area contributed by atoms with E-state index in [1.54, 1.807) is 0 Å². The highest BCUT2D eigenvalue weighted by Gasteiger charge is 2.36. The first-order valence-corrected chi connectivity index (χ1v) is 5.67. The molecule has 0 saturated heterocycles. The summed E-state index contributed by atoms with van der Waals surface area (Å²) in [7, 11) is 2.66. The fourth-order valence-corrected chi connectivity index (χ4v) is 2.97. The number of aliphatic hydroxyl groups is 1. The van der Waals surface area contributed by atoms with Crippen molar-refractivity contribution in [3.05, 3.63) is 0 Å². The zero-order valence-electron chi connectivity index (χ0n) is 8.21. The van der Waals surface area contributed by atoms with Crippen molar-refractivity contribution in [3.8, 4) is 0 Å². The maximum absolute atomic E-state index is 10.1. The van der Waals surface area contributed by atoms with Crippen molar-refractivity contribution in [1.29, 1.82) is 0 Å². The van der Waals surface area contributed by atoms with Gasteiger partial charge in [-0.15, -0.1) is 9.24 Å². The SMILES string of the molecule is CCC(C)C1CCCCC1(O)P. The molecule has 1 nitrogen and oxygen atoms in total. The summed E-state index contributed by atoms with van der Waals surface area (Å²) in [4.78, 5) is 0. The lowest BCUT2D eigenvalue weighted by Gasteiger charge is -2.40. The molecule has 12 heavy (non-hydrogen) atoms. The van der Waals surface area contributed by atoms with Gasteiger partial charge in [0.15, 0.2) is 0 Å². The second-order valence-electron chi connectivity index (χ2n) is 4.23. The molecule has 0 radical (unpaired) electrons. The van der Waals surface area contributed by atoms with E-state index in [1.165, 1.54) is 25.7 Å². The minimum absolute atomic E-state index is 0.465. The lowest BCUT2D eigenvalue weighted by molar-refractivity contribution is 0.00787. The molecule has 0 aromatic carbocycles. The Labute approximate surface area is 78.1 Å². The van der Waals surface area contributed by atoms with E-state index in [4.69, 9.17) is 0 Å². The monoisotopic (exact) mass is 188 g/mol. The van der Waals surface area contributed by atoms with Gasteiger partial charge in [-0.1, -0.05) is 33.1 Å². The van der Waals surface area contributed by atoms with Gasteiger partial charge < -0.3 is 5.11 Å². The van der Waals surface area contributed by atoms with Crippen LogP contribution in [0.3, 0.4) is 0 Å². The van der Waals surface area contributed by atoms with E-state index in [0.29, 0.717) is 11.8 Å². The third-order valence-corrected chi connectivity index (χ3v) is 4.03. The molecular weight excluding hydrogens is 167 g/mol. The van der Waals surface area contributed by atoms with Crippen LogP contribution in [0.2, 0.25) is 0 Å². The molecule has 1 aliphatic carbocycles. The van der Waals surface area contributed by atoms with Crippen LogP contribution in [0.4, 0.5) is 0 Å². The smallest absolute Gasteiger partial charge is 0.0809 e. The van der Waals surface area contributed by atoms with Gasteiger partial charge in [-0.2, -0.15) is 0 Å². The first kappa shape index (κ1) is 10.5. The van der Waals surface area contributed by atoms with Crippen molar-refractivity contribution < 1.29 is 5.11 Å². The summed E-state index contributed by atoms with van der Waals surface area (Å²) in [6.45, 7) is 4.46. The fraction of sp³-hybridized carbons (Fsp3) is 1.00. The van der Waals surface area contributed by atoms with Gasteiger partial charge in [0, 0.05) is 0 Å². The van der Waals surface area contributed by atoms with Gasteiger partial charge >= 0.3 is 0 Å². The van der Waals surface area contributed by atoms with Crippen LogP contribution in [0.15, 0.2) is 0 Å². The highest BCUT2D eigenvalue weighted by atomic mass is 31.0. The fourth-order valence-electron chi connectivity index (χ4n) is 2.27.